The van der Waals surface area contributed by atoms with Crippen molar-refractivity contribution in [2.75, 3.05) is 5.32 Å². The van der Waals surface area contributed by atoms with Gasteiger partial charge in [-0.05, 0) is 6.92 Å². The molecule has 0 aliphatic carbocycles. The first kappa shape index (κ1) is 12.2. The first-order valence-electron chi connectivity index (χ1n) is 4.92. The van der Waals surface area contributed by atoms with E-state index in [0.29, 0.717) is 11.4 Å². The number of amides is 1. The minimum atomic E-state index is -1.10. The summed E-state index contributed by atoms with van der Waals surface area (Å²) in [5.41, 5.74) is 0.422. The lowest BCUT2D eigenvalue weighted by atomic mass is 10.2. The molecule has 0 saturated carbocycles. The molecule has 1 aromatic rings. The van der Waals surface area contributed by atoms with Crippen LogP contribution in [0.15, 0.2) is 0 Å². The first-order valence-corrected chi connectivity index (χ1v) is 4.92. The van der Waals surface area contributed by atoms with Crippen molar-refractivity contribution in [3.8, 4) is 0 Å². The van der Waals surface area contributed by atoms with Gasteiger partial charge in [0.2, 0.25) is 5.91 Å². The number of nitrogens with zero attached hydrogens (tertiary/aromatic N) is 2. The summed E-state index contributed by atoms with van der Waals surface area (Å²) in [4.78, 5) is 22.3. The van der Waals surface area contributed by atoms with Gasteiger partial charge < -0.3 is 10.4 Å². The van der Waals surface area contributed by atoms with E-state index in [0.717, 1.165) is 0 Å². The highest BCUT2D eigenvalue weighted by atomic mass is 16.4. The molecule has 6 nitrogen and oxygen atoms in total. The Kier molecular flexibility index (Phi) is 3.31. The Labute approximate surface area is 93.3 Å². The van der Waals surface area contributed by atoms with Crippen molar-refractivity contribution in [3.05, 3.63) is 11.3 Å². The van der Waals surface area contributed by atoms with E-state index in [-0.39, 0.29) is 17.5 Å². The van der Waals surface area contributed by atoms with Crippen LogP contribution in [0.1, 0.15) is 29.9 Å². The Hall–Kier alpha value is -1.85. The van der Waals surface area contributed by atoms with Crippen molar-refractivity contribution in [3.63, 3.8) is 0 Å². The molecule has 1 rings (SSSR count). The largest absolute Gasteiger partial charge is 0.476 e. The van der Waals surface area contributed by atoms with E-state index in [4.69, 9.17) is 5.11 Å². The number of nitrogens with one attached hydrogen (secondary N) is 1. The molecule has 0 spiro atoms. The molecule has 1 heterocycles. The number of carbonyl (C=O) groups excluding carboxylic acids is 1. The van der Waals surface area contributed by atoms with Crippen molar-refractivity contribution < 1.29 is 14.7 Å². The van der Waals surface area contributed by atoms with E-state index in [1.165, 1.54) is 4.68 Å². The summed E-state index contributed by atoms with van der Waals surface area (Å²) in [5, 5.41) is 15.3. The zero-order valence-electron chi connectivity index (χ0n) is 9.74. The highest BCUT2D eigenvalue weighted by Gasteiger charge is 2.19. The molecule has 0 aromatic carbocycles. The van der Waals surface area contributed by atoms with Gasteiger partial charge in [-0.25, -0.2) is 4.79 Å². The number of rotatable bonds is 3. The van der Waals surface area contributed by atoms with Gasteiger partial charge >= 0.3 is 5.97 Å². The molecule has 0 aliphatic heterocycles. The molecule has 0 aliphatic rings. The Balaban J connectivity index is 3.06. The zero-order chi connectivity index (χ0) is 12.5. The van der Waals surface area contributed by atoms with Gasteiger partial charge in [0.05, 0.1) is 0 Å². The smallest absolute Gasteiger partial charge is 0.356 e. The van der Waals surface area contributed by atoms with E-state index in [1.807, 2.05) is 0 Å². The van der Waals surface area contributed by atoms with Crippen molar-refractivity contribution in [2.45, 2.75) is 20.8 Å². The monoisotopic (exact) mass is 225 g/mol. The molecule has 0 saturated heterocycles. The molecule has 0 fully saturated rings. The van der Waals surface area contributed by atoms with Gasteiger partial charge in [-0.1, -0.05) is 13.8 Å². The molecule has 1 aromatic heterocycles. The number of aromatic nitrogens is 2. The van der Waals surface area contributed by atoms with Crippen LogP contribution in [0, 0.1) is 12.8 Å². The number of carbonyl (C=O) groups is 2. The summed E-state index contributed by atoms with van der Waals surface area (Å²) >= 11 is 0. The summed E-state index contributed by atoms with van der Waals surface area (Å²) in [6, 6.07) is 0. The lowest BCUT2D eigenvalue weighted by Gasteiger charge is -2.08. The maximum atomic E-state index is 11.5. The first-order chi connectivity index (χ1) is 7.34. The zero-order valence-corrected chi connectivity index (χ0v) is 9.74. The Morgan fingerprint density at radius 3 is 2.38 bits per heavy atom. The maximum Gasteiger partial charge on any atom is 0.356 e. The Morgan fingerprint density at radius 2 is 2.00 bits per heavy atom. The lowest BCUT2D eigenvalue weighted by Crippen LogP contribution is -2.20. The van der Waals surface area contributed by atoms with Crippen molar-refractivity contribution in [1.29, 1.82) is 0 Å². The van der Waals surface area contributed by atoms with Crippen molar-refractivity contribution in [1.82, 2.24) is 9.78 Å². The predicted octanol–water partition coefficient (Wildman–Crippen LogP) is 1.02. The second-order valence-electron chi connectivity index (χ2n) is 3.89. The standard InChI is InChI=1S/C10H15N3O3/c1-5(2)9(14)11-8-6(3)7(10(15)16)12-13(8)4/h5H,1-4H3,(H,11,14)(H,15,16). The van der Waals surface area contributed by atoms with Crippen LogP contribution < -0.4 is 5.32 Å². The fourth-order valence-corrected chi connectivity index (χ4v) is 1.27. The average Bonchev–Trinajstić information content (AvgIpc) is 2.45. The number of aromatic carboxylic acids is 1. The number of hydrogen-bond donors (Lipinski definition) is 2. The van der Waals surface area contributed by atoms with Crippen LogP contribution in [-0.4, -0.2) is 26.8 Å². The number of anilines is 1. The molecular formula is C10H15N3O3. The van der Waals surface area contributed by atoms with E-state index in [9.17, 15) is 9.59 Å². The van der Waals surface area contributed by atoms with Gasteiger partial charge in [0.15, 0.2) is 5.69 Å². The summed E-state index contributed by atoms with van der Waals surface area (Å²) in [5.74, 6) is -1.00. The van der Waals surface area contributed by atoms with Crippen LogP contribution in [0.4, 0.5) is 5.82 Å². The van der Waals surface area contributed by atoms with Gasteiger partial charge in [0.1, 0.15) is 5.82 Å². The molecule has 0 atom stereocenters. The van der Waals surface area contributed by atoms with Crippen molar-refractivity contribution >= 4 is 17.7 Å². The predicted molar refractivity (Wildman–Crippen MR) is 58.4 cm³/mol. The van der Waals surface area contributed by atoms with E-state index >= 15 is 0 Å². The molecule has 0 bridgehead atoms. The Bertz CT molecular complexity index is 435. The summed E-state index contributed by atoms with van der Waals surface area (Å²) < 4.78 is 1.36. The third-order valence-electron chi connectivity index (χ3n) is 2.25. The van der Waals surface area contributed by atoms with E-state index < -0.39 is 5.97 Å². The van der Waals surface area contributed by atoms with Crippen LogP contribution in [0.5, 0.6) is 0 Å². The van der Waals surface area contributed by atoms with Gasteiger partial charge in [-0.15, -0.1) is 0 Å². The molecule has 16 heavy (non-hydrogen) atoms. The summed E-state index contributed by atoms with van der Waals surface area (Å²) in [7, 11) is 1.59. The van der Waals surface area contributed by atoms with Gasteiger partial charge in [-0.3, -0.25) is 9.48 Å². The van der Waals surface area contributed by atoms with E-state index in [2.05, 4.69) is 10.4 Å². The fourth-order valence-electron chi connectivity index (χ4n) is 1.27. The number of aryl methyl sites for hydroxylation is 1. The normalized spacial score (nSPS) is 10.6. The summed E-state index contributed by atoms with van der Waals surface area (Å²) in [6.45, 7) is 5.14. The molecule has 0 radical (unpaired) electrons. The molecule has 0 unspecified atom stereocenters. The van der Waals surface area contributed by atoms with Crippen LogP contribution in [0.25, 0.3) is 0 Å². The highest BCUT2D eigenvalue weighted by Crippen LogP contribution is 2.18. The number of carboxylic acid groups (broad SMARTS) is 1. The van der Waals surface area contributed by atoms with Gasteiger partial charge in [-0.2, -0.15) is 5.10 Å². The fraction of sp³-hybridized carbons (Fsp3) is 0.500. The SMILES string of the molecule is Cc1c(C(=O)O)nn(C)c1NC(=O)C(C)C. The van der Waals surface area contributed by atoms with Crippen LogP contribution >= 0.6 is 0 Å². The number of carboxylic acids is 1. The summed E-state index contributed by atoms with van der Waals surface area (Å²) in [6.07, 6.45) is 0. The minimum absolute atomic E-state index is 0.0402. The third kappa shape index (κ3) is 2.21. The molecule has 1 amide bonds. The van der Waals surface area contributed by atoms with Crippen LogP contribution in [0.3, 0.4) is 0 Å². The van der Waals surface area contributed by atoms with Crippen LogP contribution in [-0.2, 0) is 11.8 Å². The maximum absolute atomic E-state index is 11.5. The average molecular weight is 225 g/mol. The quantitative estimate of drug-likeness (QED) is 0.804. The molecule has 6 heteroatoms. The van der Waals surface area contributed by atoms with Gasteiger partial charge in [0, 0.05) is 18.5 Å². The second-order valence-corrected chi connectivity index (χ2v) is 3.89. The minimum Gasteiger partial charge on any atom is -0.476 e. The highest BCUT2D eigenvalue weighted by molar-refractivity contribution is 5.95. The Morgan fingerprint density at radius 1 is 1.44 bits per heavy atom. The second kappa shape index (κ2) is 4.34. The number of hydrogen-bond acceptors (Lipinski definition) is 3. The molecule has 2 N–H and O–H groups in total. The molecule has 88 valence electrons. The lowest BCUT2D eigenvalue weighted by molar-refractivity contribution is -0.118. The van der Waals surface area contributed by atoms with E-state index in [1.54, 1.807) is 27.8 Å². The topological polar surface area (TPSA) is 84.2 Å². The molecular weight excluding hydrogens is 210 g/mol. The third-order valence-corrected chi connectivity index (χ3v) is 2.25. The van der Waals surface area contributed by atoms with Gasteiger partial charge in [0.25, 0.3) is 0 Å². The van der Waals surface area contributed by atoms with Crippen molar-refractivity contribution in [2.24, 2.45) is 13.0 Å². The van der Waals surface area contributed by atoms with Crippen LogP contribution in [0.2, 0.25) is 0 Å².